The molecule has 1 spiro atoms. The minimum Gasteiger partial charge on any atom is -0.394 e. The number of thioether (sulfide) groups is 1. The van der Waals surface area contributed by atoms with Crippen molar-refractivity contribution in [1.29, 1.82) is 0 Å². The first kappa shape index (κ1) is 14.1. The van der Waals surface area contributed by atoms with Crippen LogP contribution >= 0.6 is 11.8 Å². The van der Waals surface area contributed by atoms with Gasteiger partial charge in [-0.05, 0) is 31.9 Å². The summed E-state index contributed by atoms with van der Waals surface area (Å²) < 4.78 is 11.8. The molecule has 3 rings (SSSR count). The highest BCUT2D eigenvalue weighted by molar-refractivity contribution is 7.99. The lowest BCUT2D eigenvalue weighted by Crippen LogP contribution is -2.56. The predicted octanol–water partition coefficient (Wildman–Crippen LogP) is 1.12. The fourth-order valence-electron chi connectivity index (χ4n) is 3.66. The Kier molecular flexibility index (Phi) is 4.39. The van der Waals surface area contributed by atoms with Crippen molar-refractivity contribution in [2.24, 2.45) is 0 Å². The lowest BCUT2D eigenvalue weighted by molar-refractivity contribution is -0.137. The zero-order valence-electron chi connectivity index (χ0n) is 11.7. The van der Waals surface area contributed by atoms with Crippen molar-refractivity contribution in [3.63, 3.8) is 0 Å². The maximum absolute atomic E-state index is 9.35. The Bertz CT molecular complexity index is 309. The number of hydrogen-bond donors (Lipinski definition) is 1. The second kappa shape index (κ2) is 5.90. The molecule has 1 N–H and O–H groups in total. The topological polar surface area (TPSA) is 41.9 Å². The highest BCUT2D eigenvalue weighted by Gasteiger charge is 2.43. The largest absolute Gasteiger partial charge is 0.394 e. The highest BCUT2D eigenvalue weighted by atomic mass is 32.2. The third-order valence-electron chi connectivity index (χ3n) is 4.61. The van der Waals surface area contributed by atoms with Crippen molar-refractivity contribution in [2.45, 2.75) is 50.0 Å². The quantitative estimate of drug-likeness (QED) is 0.824. The summed E-state index contributed by atoms with van der Waals surface area (Å²) in [5.74, 6) is 2.40. The minimum atomic E-state index is -0.0134. The number of aliphatic hydroxyl groups is 1. The first-order valence-electron chi connectivity index (χ1n) is 7.43. The van der Waals surface area contributed by atoms with Crippen LogP contribution in [0.2, 0.25) is 0 Å². The summed E-state index contributed by atoms with van der Waals surface area (Å²) in [5.41, 5.74) is 0.143. The Morgan fingerprint density at radius 3 is 3.05 bits per heavy atom. The minimum absolute atomic E-state index is 0.0134. The number of nitrogens with zero attached hydrogens (tertiary/aromatic N) is 1. The van der Waals surface area contributed by atoms with Crippen LogP contribution in [0, 0.1) is 0 Å². The molecule has 4 unspecified atom stereocenters. The number of rotatable bonds is 2. The second-order valence-electron chi connectivity index (χ2n) is 6.19. The van der Waals surface area contributed by atoms with Crippen LogP contribution in [0.15, 0.2) is 0 Å². The highest BCUT2D eigenvalue weighted by Crippen LogP contribution is 2.39. The molecule has 0 amide bonds. The molecule has 0 aromatic rings. The molecule has 3 aliphatic heterocycles. The summed E-state index contributed by atoms with van der Waals surface area (Å²) >= 11 is 2.03. The number of ether oxygens (including phenoxy) is 2. The van der Waals surface area contributed by atoms with Gasteiger partial charge in [0.2, 0.25) is 0 Å². The Balaban J connectivity index is 1.64. The maximum atomic E-state index is 9.35. The number of aliphatic hydroxyl groups excluding tert-OH is 1. The van der Waals surface area contributed by atoms with Crippen LogP contribution in [-0.2, 0) is 9.47 Å². The molecule has 4 nitrogen and oxygen atoms in total. The molecular weight excluding hydrogens is 262 g/mol. The van der Waals surface area contributed by atoms with Crippen LogP contribution in [0.5, 0.6) is 0 Å². The van der Waals surface area contributed by atoms with E-state index in [0.717, 1.165) is 38.3 Å². The zero-order valence-corrected chi connectivity index (χ0v) is 12.5. The Morgan fingerprint density at radius 2 is 2.32 bits per heavy atom. The lowest BCUT2D eigenvalue weighted by atomic mass is 9.88. The summed E-state index contributed by atoms with van der Waals surface area (Å²) in [5, 5.41) is 9.35. The smallest absolute Gasteiger partial charge is 0.0936 e. The molecular formula is C14H25NO3S. The molecule has 0 bridgehead atoms. The molecule has 0 aromatic carbocycles. The number of morpholine rings is 1. The van der Waals surface area contributed by atoms with E-state index in [-0.39, 0.29) is 24.4 Å². The standard InChI is InChI=1S/C14H25NO3S/c1-11-7-15(8-13(9-16)18-11)12-2-4-17-14(6-12)3-5-19-10-14/h11-13,16H,2-10H2,1H3. The van der Waals surface area contributed by atoms with Crippen molar-refractivity contribution in [2.75, 3.05) is 37.8 Å². The average molecular weight is 287 g/mol. The molecule has 110 valence electrons. The van der Waals surface area contributed by atoms with Gasteiger partial charge in [0.25, 0.3) is 0 Å². The summed E-state index contributed by atoms with van der Waals surface area (Å²) in [6.07, 6.45) is 3.70. The SMILES string of the molecule is CC1CN(C2CCOC3(CCSC3)C2)CC(CO)O1. The number of hydrogen-bond acceptors (Lipinski definition) is 5. The molecule has 4 atom stereocenters. The van der Waals surface area contributed by atoms with E-state index in [1.807, 2.05) is 11.8 Å². The summed E-state index contributed by atoms with van der Waals surface area (Å²) in [6.45, 7) is 4.99. The van der Waals surface area contributed by atoms with Crippen LogP contribution in [0.25, 0.3) is 0 Å². The van der Waals surface area contributed by atoms with Gasteiger partial charge >= 0.3 is 0 Å². The van der Waals surface area contributed by atoms with Gasteiger partial charge in [-0.2, -0.15) is 11.8 Å². The van der Waals surface area contributed by atoms with Gasteiger partial charge in [0.15, 0.2) is 0 Å². The monoisotopic (exact) mass is 287 g/mol. The van der Waals surface area contributed by atoms with Gasteiger partial charge < -0.3 is 14.6 Å². The first-order valence-corrected chi connectivity index (χ1v) is 8.58. The van der Waals surface area contributed by atoms with Crippen molar-refractivity contribution in [3.8, 4) is 0 Å². The Hall–Kier alpha value is 0.190. The lowest BCUT2D eigenvalue weighted by Gasteiger charge is -2.46. The van der Waals surface area contributed by atoms with E-state index in [4.69, 9.17) is 9.47 Å². The molecule has 5 heteroatoms. The van der Waals surface area contributed by atoms with E-state index in [9.17, 15) is 5.11 Å². The summed E-state index contributed by atoms with van der Waals surface area (Å²) in [7, 11) is 0. The van der Waals surface area contributed by atoms with Crippen molar-refractivity contribution in [3.05, 3.63) is 0 Å². The molecule has 0 saturated carbocycles. The normalized spacial score (nSPS) is 44.8. The fourth-order valence-corrected chi connectivity index (χ4v) is 5.03. The second-order valence-corrected chi connectivity index (χ2v) is 7.29. The zero-order chi connectivity index (χ0) is 13.3. The van der Waals surface area contributed by atoms with Crippen LogP contribution in [-0.4, -0.2) is 71.7 Å². The molecule has 19 heavy (non-hydrogen) atoms. The molecule has 0 aromatic heterocycles. The van der Waals surface area contributed by atoms with E-state index < -0.39 is 0 Å². The molecule has 0 aliphatic carbocycles. The molecule has 3 heterocycles. The van der Waals surface area contributed by atoms with Crippen molar-refractivity contribution >= 4 is 11.8 Å². The van der Waals surface area contributed by atoms with E-state index >= 15 is 0 Å². The van der Waals surface area contributed by atoms with E-state index in [2.05, 4.69) is 11.8 Å². The summed E-state index contributed by atoms with van der Waals surface area (Å²) in [4.78, 5) is 2.53. The van der Waals surface area contributed by atoms with Gasteiger partial charge in [-0.1, -0.05) is 0 Å². The Labute approximate surface area is 119 Å². The third kappa shape index (κ3) is 3.10. The molecule has 0 radical (unpaired) electrons. The molecule has 3 aliphatic rings. The van der Waals surface area contributed by atoms with Gasteiger partial charge in [-0.25, -0.2) is 0 Å². The predicted molar refractivity (Wildman–Crippen MR) is 76.6 cm³/mol. The maximum Gasteiger partial charge on any atom is 0.0936 e. The van der Waals surface area contributed by atoms with Crippen LogP contribution in [0.1, 0.15) is 26.2 Å². The third-order valence-corrected chi connectivity index (χ3v) is 5.83. The van der Waals surface area contributed by atoms with Gasteiger partial charge in [0, 0.05) is 31.5 Å². The Morgan fingerprint density at radius 1 is 1.42 bits per heavy atom. The van der Waals surface area contributed by atoms with Crippen LogP contribution in [0.3, 0.4) is 0 Å². The van der Waals surface area contributed by atoms with E-state index in [1.54, 1.807) is 0 Å². The average Bonchev–Trinajstić information content (AvgIpc) is 2.86. The molecule has 3 fully saturated rings. The van der Waals surface area contributed by atoms with Crippen LogP contribution < -0.4 is 0 Å². The van der Waals surface area contributed by atoms with Gasteiger partial charge in [0.05, 0.1) is 24.4 Å². The van der Waals surface area contributed by atoms with Crippen molar-refractivity contribution < 1.29 is 14.6 Å². The van der Waals surface area contributed by atoms with Crippen molar-refractivity contribution in [1.82, 2.24) is 4.90 Å². The molecule has 3 saturated heterocycles. The van der Waals surface area contributed by atoms with Gasteiger partial charge in [-0.15, -0.1) is 0 Å². The van der Waals surface area contributed by atoms with E-state index in [1.165, 1.54) is 12.2 Å². The van der Waals surface area contributed by atoms with Gasteiger partial charge in [0.1, 0.15) is 0 Å². The van der Waals surface area contributed by atoms with Gasteiger partial charge in [-0.3, -0.25) is 4.90 Å². The van der Waals surface area contributed by atoms with E-state index in [0.29, 0.717) is 6.04 Å². The fraction of sp³-hybridized carbons (Fsp3) is 1.00. The first-order chi connectivity index (χ1) is 9.21. The van der Waals surface area contributed by atoms with Crippen LogP contribution in [0.4, 0.5) is 0 Å². The summed E-state index contributed by atoms with van der Waals surface area (Å²) in [6, 6.07) is 0.604.